The van der Waals surface area contributed by atoms with E-state index in [9.17, 15) is 4.79 Å². The quantitative estimate of drug-likeness (QED) is 0.851. The van der Waals surface area contributed by atoms with Crippen LogP contribution < -0.4 is 0 Å². The van der Waals surface area contributed by atoms with Crippen LogP contribution in [0.25, 0.3) is 0 Å². The number of imidazole rings is 1. The van der Waals surface area contributed by atoms with E-state index >= 15 is 0 Å². The van der Waals surface area contributed by atoms with Crippen LogP contribution in [0.5, 0.6) is 0 Å². The van der Waals surface area contributed by atoms with Gasteiger partial charge in [0.15, 0.2) is 0 Å². The van der Waals surface area contributed by atoms with Gasteiger partial charge in [-0.2, -0.15) is 5.10 Å². The predicted molar refractivity (Wildman–Crippen MR) is 88.2 cm³/mol. The van der Waals surface area contributed by atoms with Gasteiger partial charge in [0, 0.05) is 51.2 Å². The third-order valence-corrected chi connectivity index (χ3v) is 4.51. The first kappa shape index (κ1) is 15.8. The molecule has 124 valence electrons. The second-order valence-electron chi connectivity index (χ2n) is 6.30. The Hall–Kier alpha value is -2.11. The third-order valence-electron chi connectivity index (χ3n) is 4.51. The van der Waals surface area contributed by atoms with E-state index in [0.29, 0.717) is 11.6 Å². The molecule has 0 aliphatic carbocycles. The minimum atomic E-state index is 0.0296. The fourth-order valence-corrected chi connectivity index (χ4v) is 3.26. The summed E-state index contributed by atoms with van der Waals surface area (Å²) < 4.78 is 3.93. The first-order chi connectivity index (χ1) is 11.2. The Morgan fingerprint density at radius 3 is 3.00 bits per heavy atom. The Balaban J connectivity index is 1.71. The molecule has 0 unspecified atom stereocenters. The van der Waals surface area contributed by atoms with Gasteiger partial charge < -0.3 is 9.47 Å². The molecule has 0 aromatic carbocycles. The number of piperidine rings is 1. The van der Waals surface area contributed by atoms with Crippen LogP contribution in [-0.4, -0.2) is 43.2 Å². The molecule has 0 N–H and O–H groups in total. The van der Waals surface area contributed by atoms with E-state index < -0.39 is 0 Å². The topological polar surface area (TPSA) is 56.0 Å². The summed E-state index contributed by atoms with van der Waals surface area (Å²) in [7, 11) is 1.83. The van der Waals surface area contributed by atoms with Crippen LogP contribution in [0.2, 0.25) is 0 Å². The summed E-state index contributed by atoms with van der Waals surface area (Å²) >= 11 is 0. The number of aromatic nitrogens is 4. The standard InChI is InChI=1S/C17H25N5O/c1-3-4-9-21-12-8-18-16(21)14-6-5-10-22(13-14)17(23)15-7-11-20(2)19-15/h7-8,11-12,14H,3-6,9-10,13H2,1-2H3/t14-/m1/s1. The molecular weight excluding hydrogens is 290 g/mol. The van der Waals surface area contributed by atoms with Crippen molar-refractivity contribution < 1.29 is 4.79 Å². The molecule has 0 radical (unpaired) electrons. The number of carbonyl (C=O) groups is 1. The van der Waals surface area contributed by atoms with Gasteiger partial charge in [-0.3, -0.25) is 9.48 Å². The van der Waals surface area contributed by atoms with E-state index in [1.807, 2.05) is 24.3 Å². The third kappa shape index (κ3) is 3.46. The van der Waals surface area contributed by atoms with E-state index in [-0.39, 0.29) is 5.91 Å². The monoisotopic (exact) mass is 315 g/mol. The number of carbonyl (C=O) groups excluding carboxylic acids is 1. The minimum Gasteiger partial charge on any atom is -0.337 e. The normalized spacial score (nSPS) is 18.3. The Morgan fingerprint density at radius 1 is 1.39 bits per heavy atom. The van der Waals surface area contributed by atoms with Gasteiger partial charge in [-0.05, 0) is 25.3 Å². The molecule has 1 atom stereocenters. The SMILES string of the molecule is CCCCn1ccnc1[C@@H]1CCCN(C(=O)c2ccn(C)n2)C1. The van der Waals surface area contributed by atoms with Crippen LogP contribution in [0.15, 0.2) is 24.7 Å². The van der Waals surface area contributed by atoms with Crippen molar-refractivity contribution in [3.05, 3.63) is 36.2 Å². The Bertz CT molecular complexity index is 659. The molecule has 1 saturated heterocycles. The maximum absolute atomic E-state index is 12.6. The molecule has 0 bridgehead atoms. The number of aryl methyl sites for hydroxylation is 2. The van der Waals surface area contributed by atoms with Crippen molar-refractivity contribution in [2.75, 3.05) is 13.1 Å². The Morgan fingerprint density at radius 2 is 2.26 bits per heavy atom. The molecule has 23 heavy (non-hydrogen) atoms. The fraction of sp³-hybridized carbons (Fsp3) is 0.588. The molecule has 1 fully saturated rings. The number of hydrogen-bond donors (Lipinski definition) is 0. The summed E-state index contributed by atoms with van der Waals surface area (Å²) in [5, 5.41) is 4.24. The summed E-state index contributed by atoms with van der Waals surface area (Å²) in [5.41, 5.74) is 0.530. The lowest BCUT2D eigenvalue weighted by Crippen LogP contribution is -2.40. The largest absolute Gasteiger partial charge is 0.337 e. The Kier molecular flexibility index (Phi) is 4.79. The van der Waals surface area contributed by atoms with Gasteiger partial charge in [0.25, 0.3) is 5.91 Å². The van der Waals surface area contributed by atoms with Gasteiger partial charge in [-0.1, -0.05) is 13.3 Å². The molecule has 1 aliphatic heterocycles. The Labute approximate surface area is 137 Å². The average molecular weight is 315 g/mol. The molecule has 0 spiro atoms. The zero-order valence-electron chi connectivity index (χ0n) is 14.0. The van der Waals surface area contributed by atoms with Gasteiger partial charge in [0.2, 0.25) is 0 Å². The van der Waals surface area contributed by atoms with E-state index in [1.54, 1.807) is 10.7 Å². The number of unbranched alkanes of at least 4 members (excludes halogenated alkanes) is 1. The van der Waals surface area contributed by atoms with Crippen molar-refractivity contribution in [2.24, 2.45) is 7.05 Å². The lowest BCUT2D eigenvalue weighted by molar-refractivity contribution is 0.0696. The highest BCUT2D eigenvalue weighted by molar-refractivity contribution is 5.92. The summed E-state index contributed by atoms with van der Waals surface area (Å²) in [4.78, 5) is 19.1. The first-order valence-corrected chi connectivity index (χ1v) is 8.49. The molecule has 2 aromatic rings. The molecule has 1 amide bonds. The molecule has 6 heteroatoms. The highest BCUT2D eigenvalue weighted by Gasteiger charge is 2.28. The lowest BCUT2D eigenvalue weighted by atomic mass is 9.96. The van der Waals surface area contributed by atoms with Crippen molar-refractivity contribution in [3.8, 4) is 0 Å². The summed E-state index contributed by atoms with van der Waals surface area (Å²) in [6.45, 7) is 4.75. The van der Waals surface area contributed by atoms with Gasteiger partial charge >= 0.3 is 0 Å². The number of likely N-dealkylation sites (tertiary alicyclic amines) is 1. The molecule has 6 nitrogen and oxygen atoms in total. The molecule has 3 rings (SSSR count). The van der Waals surface area contributed by atoms with Crippen LogP contribution in [0.3, 0.4) is 0 Å². The van der Waals surface area contributed by atoms with Gasteiger partial charge in [0.1, 0.15) is 11.5 Å². The fourth-order valence-electron chi connectivity index (χ4n) is 3.26. The predicted octanol–water partition coefficient (Wildman–Crippen LogP) is 2.44. The molecule has 0 saturated carbocycles. The zero-order valence-corrected chi connectivity index (χ0v) is 14.0. The second-order valence-corrected chi connectivity index (χ2v) is 6.30. The highest BCUT2D eigenvalue weighted by Crippen LogP contribution is 2.26. The van der Waals surface area contributed by atoms with Gasteiger partial charge in [-0.25, -0.2) is 4.98 Å². The number of hydrogen-bond acceptors (Lipinski definition) is 3. The summed E-state index contributed by atoms with van der Waals surface area (Å²) in [5.74, 6) is 1.47. The number of nitrogens with zero attached hydrogens (tertiary/aromatic N) is 5. The van der Waals surface area contributed by atoms with Crippen molar-refractivity contribution >= 4 is 5.91 Å². The summed E-state index contributed by atoms with van der Waals surface area (Å²) in [6.07, 6.45) is 10.2. The van der Waals surface area contributed by atoms with E-state index in [4.69, 9.17) is 0 Å². The van der Waals surface area contributed by atoms with Crippen LogP contribution in [0, 0.1) is 0 Å². The van der Waals surface area contributed by atoms with E-state index in [1.165, 1.54) is 6.42 Å². The summed E-state index contributed by atoms with van der Waals surface area (Å²) in [6, 6.07) is 1.79. The molecule has 1 aliphatic rings. The van der Waals surface area contributed by atoms with Crippen LogP contribution in [-0.2, 0) is 13.6 Å². The second kappa shape index (κ2) is 6.98. The maximum atomic E-state index is 12.6. The number of rotatable bonds is 5. The average Bonchev–Trinajstić information content (AvgIpc) is 3.21. The zero-order chi connectivity index (χ0) is 16.2. The molecule has 2 aromatic heterocycles. The van der Waals surface area contributed by atoms with Crippen LogP contribution >= 0.6 is 0 Å². The van der Waals surface area contributed by atoms with E-state index in [0.717, 1.165) is 44.7 Å². The van der Waals surface area contributed by atoms with Crippen molar-refractivity contribution in [2.45, 2.75) is 45.1 Å². The van der Waals surface area contributed by atoms with Crippen molar-refractivity contribution in [1.29, 1.82) is 0 Å². The number of amides is 1. The van der Waals surface area contributed by atoms with Crippen molar-refractivity contribution in [1.82, 2.24) is 24.2 Å². The van der Waals surface area contributed by atoms with E-state index in [2.05, 4.69) is 27.8 Å². The highest BCUT2D eigenvalue weighted by atomic mass is 16.2. The van der Waals surface area contributed by atoms with Gasteiger partial charge in [0.05, 0.1) is 0 Å². The first-order valence-electron chi connectivity index (χ1n) is 8.49. The molecular formula is C17H25N5O. The van der Waals surface area contributed by atoms with Crippen molar-refractivity contribution in [3.63, 3.8) is 0 Å². The van der Waals surface area contributed by atoms with Crippen LogP contribution in [0.1, 0.15) is 54.8 Å². The van der Waals surface area contributed by atoms with Gasteiger partial charge in [-0.15, -0.1) is 0 Å². The smallest absolute Gasteiger partial charge is 0.274 e. The lowest BCUT2D eigenvalue weighted by Gasteiger charge is -2.32. The molecule has 3 heterocycles. The maximum Gasteiger partial charge on any atom is 0.274 e. The minimum absolute atomic E-state index is 0.0296. The van der Waals surface area contributed by atoms with Crippen LogP contribution in [0.4, 0.5) is 0 Å².